The number of hydrogen-bond acceptors (Lipinski definition) is 6. The van der Waals surface area contributed by atoms with Crippen LogP contribution in [0.1, 0.15) is 24.6 Å². The molecule has 0 bridgehead atoms. The number of amides is 2. The number of carbonyl (C=O) groups excluding carboxylic acids is 2. The number of rotatable bonds is 7. The van der Waals surface area contributed by atoms with Crippen molar-refractivity contribution < 1.29 is 14.3 Å². The molecule has 1 aliphatic rings. The van der Waals surface area contributed by atoms with Crippen LogP contribution in [0.3, 0.4) is 0 Å². The predicted octanol–water partition coefficient (Wildman–Crippen LogP) is 2.20. The van der Waals surface area contributed by atoms with E-state index in [0.717, 1.165) is 30.8 Å². The summed E-state index contributed by atoms with van der Waals surface area (Å²) in [4.78, 5) is 32.6. The molecule has 1 aliphatic heterocycles. The van der Waals surface area contributed by atoms with Crippen LogP contribution in [0.15, 0.2) is 36.7 Å². The van der Waals surface area contributed by atoms with Crippen molar-refractivity contribution in [3.63, 3.8) is 0 Å². The maximum absolute atomic E-state index is 12.4. The summed E-state index contributed by atoms with van der Waals surface area (Å²) in [6, 6.07) is 5.33. The van der Waals surface area contributed by atoms with Gasteiger partial charge in [0.1, 0.15) is 16.6 Å². The van der Waals surface area contributed by atoms with Crippen LogP contribution in [0.2, 0.25) is 5.02 Å². The van der Waals surface area contributed by atoms with E-state index in [9.17, 15) is 9.59 Å². The molecule has 1 unspecified atom stereocenters. The third kappa shape index (κ3) is 5.77. The smallest absolute Gasteiger partial charge is 0.260 e. The zero-order valence-corrected chi connectivity index (χ0v) is 17.6. The van der Waals surface area contributed by atoms with Crippen molar-refractivity contribution >= 4 is 34.8 Å². The quantitative estimate of drug-likeness (QED) is 0.623. The molecule has 9 heteroatoms. The van der Waals surface area contributed by atoms with Crippen LogP contribution < -0.4 is 20.7 Å². The Morgan fingerprint density at radius 3 is 2.80 bits per heavy atom. The Bertz CT molecular complexity index is 946. The van der Waals surface area contributed by atoms with Crippen molar-refractivity contribution in [1.82, 2.24) is 20.6 Å². The van der Waals surface area contributed by atoms with Crippen molar-refractivity contribution in [3.05, 3.63) is 52.9 Å². The lowest BCUT2D eigenvalue weighted by Gasteiger charge is -2.15. The lowest BCUT2D eigenvalue weighted by molar-refractivity contribution is -0.126. The summed E-state index contributed by atoms with van der Waals surface area (Å²) < 4.78 is 5.55. The number of aromatic nitrogens is 2. The summed E-state index contributed by atoms with van der Waals surface area (Å²) in [5.41, 5.74) is 2.95. The normalized spacial score (nSPS) is 14.4. The molecule has 2 aromatic rings. The highest BCUT2D eigenvalue weighted by molar-refractivity contribution is 6.32. The molecule has 8 nitrogen and oxygen atoms in total. The third-order valence-electron chi connectivity index (χ3n) is 4.59. The predicted molar refractivity (Wildman–Crippen MR) is 115 cm³/mol. The molecule has 2 aromatic heterocycles. The monoisotopic (exact) mass is 429 g/mol. The van der Waals surface area contributed by atoms with E-state index in [-0.39, 0.29) is 34.8 Å². The molecule has 30 heavy (non-hydrogen) atoms. The minimum Gasteiger partial charge on any atom is -0.479 e. The van der Waals surface area contributed by atoms with Crippen LogP contribution in [0, 0.1) is 0 Å². The Morgan fingerprint density at radius 2 is 2.13 bits per heavy atom. The summed E-state index contributed by atoms with van der Waals surface area (Å²) in [5.74, 6) is 0.0164. The minimum absolute atomic E-state index is 0.156. The SMILES string of the molecule is CNC(=O)C(C)Oc1cc(NC(=O)Cc2ccc(C3=CCNCC3)nc2)ncc1Cl. The first-order chi connectivity index (χ1) is 14.5. The Balaban J connectivity index is 1.61. The van der Waals surface area contributed by atoms with Gasteiger partial charge in [0, 0.05) is 25.9 Å². The summed E-state index contributed by atoms with van der Waals surface area (Å²) in [5, 5.41) is 8.73. The molecule has 158 valence electrons. The highest BCUT2D eigenvalue weighted by Gasteiger charge is 2.16. The van der Waals surface area contributed by atoms with Crippen LogP contribution in [-0.4, -0.2) is 48.0 Å². The molecule has 0 radical (unpaired) electrons. The van der Waals surface area contributed by atoms with E-state index >= 15 is 0 Å². The Kier molecular flexibility index (Phi) is 7.37. The molecular weight excluding hydrogens is 406 g/mol. The van der Waals surface area contributed by atoms with Crippen molar-refractivity contribution in [2.45, 2.75) is 25.9 Å². The number of nitrogens with one attached hydrogen (secondary N) is 3. The Labute approximate surface area is 180 Å². The van der Waals surface area contributed by atoms with Crippen molar-refractivity contribution in [2.75, 3.05) is 25.5 Å². The average Bonchev–Trinajstić information content (AvgIpc) is 2.76. The Hall–Kier alpha value is -2.97. The summed E-state index contributed by atoms with van der Waals surface area (Å²) >= 11 is 6.08. The fraction of sp³-hybridized carbons (Fsp3) is 0.333. The molecule has 3 rings (SSSR count). The van der Waals surface area contributed by atoms with Crippen molar-refractivity contribution in [1.29, 1.82) is 0 Å². The lowest BCUT2D eigenvalue weighted by Crippen LogP contribution is -2.33. The number of nitrogens with zero attached hydrogens (tertiary/aromatic N) is 2. The second kappa shape index (κ2) is 10.2. The van der Waals surface area contributed by atoms with E-state index < -0.39 is 6.10 Å². The summed E-state index contributed by atoms with van der Waals surface area (Å²) in [6.07, 6.45) is 5.58. The number of carbonyl (C=O) groups is 2. The number of halogens is 1. The molecule has 0 saturated carbocycles. The Morgan fingerprint density at radius 1 is 1.30 bits per heavy atom. The van der Waals surface area contributed by atoms with Gasteiger partial charge in [0.15, 0.2) is 6.10 Å². The number of pyridine rings is 2. The third-order valence-corrected chi connectivity index (χ3v) is 4.87. The zero-order chi connectivity index (χ0) is 21.5. The first kappa shape index (κ1) is 21.7. The number of ether oxygens (including phenoxy) is 1. The molecule has 2 amide bonds. The first-order valence-corrected chi connectivity index (χ1v) is 10.0. The van der Waals surface area contributed by atoms with Gasteiger partial charge in [-0.25, -0.2) is 4.98 Å². The molecule has 0 spiro atoms. The maximum atomic E-state index is 12.4. The topological polar surface area (TPSA) is 105 Å². The lowest BCUT2D eigenvalue weighted by atomic mass is 10.0. The fourth-order valence-electron chi connectivity index (χ4n) is 2.97. The zero-order valence-electron chi connectivity index (χ0n) is 16.9. The average molecular weight is 430 g/mol. The molecule has 1 atom stereocenters. The summed E-state index contributed by atoms with van der Waals surface area (Å²) in [6.45, 7) is 3.40. The maximum Gasteiger partial charge on any atom is 0.260 e. The van der Waals surface area contributed by atoms with E-state index in [1.165, 1.54) is 24.9 Å². The number of likely N-dealkylation sites (N-methyl/N-ethyl adjacent to an activating group) is 1. The number of anilines is 1. The van der Waals surface area contributed by atoms with E-state index in [1.54, 1.807) is 13.1 Å². The second-order valence-corrected chi connectivity index (χ2v) is 7.24. The van der Waals surface area contributed by atoms with Gasteiger partial charge in [0.2, 0.25) is 5.91 Å². The van der Waals surface area contributed by atoms with Crippen molar-refractivity contribution in [3.8, 4) is 5.75 Å². The van der Waals surface area contributed by atoms with Crippen LogP contribution >= 0.6 is 11.6 Å². The molecule has 0 fully saturated rings. The van der Waals surface area contributed by atoms with Gasteiger partial charge in [0.25, 0.3) is 5.91 Å². The van der Waals surface area contributed by atoms with Gasteiger partial charge in [-0.2, -0.15) is 0 Å². The van der Waals surface area contributed by atoms with Crippen LogP contribution in [0.25, 0.3) is 5.57 Å². The van der Waals surface area contributed by atoms with Gasteiger partial charge in [0.05, 0.1) is 18.3 Å². The largest absolute Gasteiger partial charge is 0.479 e. The van der Waals surface area contributed by atoms with E-state index in [4.69, 9.17) is 16.3 Å². The van der Waals surface area contributed by atoms with Crippen molar-refractivity contribution in [2.24, 2.45) is 0 Å². The van der Waals surface area contributed by atoms with E-state index in [0.29, 0.717) is 0 Å². The van der Waals surface area contributed by atoms with Gasteiger partial charge in [-0.3, -0.25) is 14.6 Å². The minimum atomic E-state index is -0.738. The molecule has 0 aliphatic carbocycles. The van der Waals surface area contributed by atoms with Gasteiger partial charge in [-0.15, -0.1) is 0 Å². The first-order valence-electron chi connectivity index (χ1n) is 9.65. The molecule has 0 saturated heterocycles. The molecule has 3 heterocycles. The fourth-order valence-corrected chi connectivity index (χ4v) is 3.12. The van der Waals surface area contributed by atoms with Crippen LogP contribution in [0.4, 0.5) is 5.82 Å². The summed E-state index contributed by atoms with van der Waals surface area (Å²) in [7, 11) is 1.52. The highest BCUT2D eigenvalue weighted by Crippen LogP contribution is 2.27. The molecule has 0 aromatic carbocycles. The van der Waals surface area contributed by atoms with Gasteiger partial charge >= 0.3 is 0 Å². The highest BCUT2D eigenvalue weighted by atomic mass is 35.5. The van der Waals surface area contributed by atoms with Gasteiger partial charge in [-0.05, 0) is 37.1 Å². The molecule has 3 N–H and O–H groups in total. The number of hydrogen-bond donors (Lipinski definition) is 3. The second-order valence-electron chi connectivity index (χ2n) is 6.83. The van der Waals surface area contributed by atoms with Crippen LogP contribution in [-0.2, 0) is 16.0 Å². The van der Waals surface area contributed by atoms with Crippen LogP contribution in [0.5, 0.6) is 5.75 Å². The standard InChI is InChI=1S/C21H24ClN5O3/c1-13(21(29)23-2)30-18-10-19(26-12-16(18)22)27-20(28)9-14-3-4-17(25-11-14)15-5-7-24-8-6-15/h3-5,10-13,24H,6-9H2,1-2H3,(H,23,29)(H,26,27,28). The van der Waals surface area contributed by atoms with E-state index in [2.05, 4.69) is 32.0 Å². The van der Waals surface area contributed by atoms with E-state index in [1.807, 2.05) is 12.1 Å². The van der Waals surface area contributed by atoms with Gasteiger partial charge in [-0.1, -0.05) is 23.7 Å². The molecular formula is C21H24ClN5O3. The van der Waals surface area contributed by atoms with Gasteiger partial charge < -0.3 is 20.7 Å².